The second-order valence-corrected chi connectivity index (χ2v) is 6.61. The minimum atomic E-state index is -0.486. The molecule has 0 N–H and O–H groups in total. The van der Waals surface area contributed by atoms with Crippen LogP contribution in [0.15, 0.2) is 0 Å². The molecule has 0 aliphatic carbocycles. The molecule has 0 aromatic rings. The van der Waals surface area contributed by atoms with Gasteiger partial charge in [-0.3, -0.25) is 0 Å². The van der Waals surface area contributed by atoms with E-state index in [1.807, 2.05) is 0 Å². The van der Waals surface area contributed by atoms with Crippen molar-refractivity contribution < 1.29 is 14.7 Å². The first kappa shape index (κ1) is 9.61. The summed E-state index contributed by atoms with van der Waals surface area (Å²) in [6.07, 6.45) is 0. The van der Waals surface area contributed by atoms with Gasteiger partial charge in [0.2, 0.25) is 0 Å². The van der Waals surface area contributed by atoms with Crippen LogP contribution in [0.2, 0.25) is 0 Å². The van der Waals surface area contributed by atoms with Gasteiger partial charge in [-0.15, -0.1) is 0 Å². The first-order valence-corrected chi connectivity index (χ1v) is 9.86. The molecule has 0 radical (unpaired) electrons. The Morgan fingerprint density at radius 1 is 1.25 bits per heavy atom. The van der Waals surface area contributed by atoms with Crippen molar-refractivity contribution in [2.75, 3.05) is 0 Å². The zero-order chi connectivity index (χ0) is 2.71. The topological polar surface area (TPSA) is 0 Å². The summed E-state index contributed by atoms with van der Waals surface area (Å²) in [5, 5.41) is 0. The number of hydrogen-bond acceptors (Lipinski definition) is 0. The number of rotatable bonds is 0. The van der Waals surface area contributed by atoms with Crippen molar-refractivity contribution in [1.29, 1.82) is 0 Å². The van der Waals surface area contributed by atoms with Crippen LogP contribution in [-0.2, 0) is 14.7 Å². The van der Waals surface area contributed by atoms with Crippen molar-refractivity contribution in [2.24, 2.45) is 0 Å². The average Bonchev–Trinajstić information content (AvgIpc) is 0.918. The average molecular weight is 245 g/mol. The Bertz CT molecular complexity index is 79.2. The molecular formula is H3InP2Zn. The van der Waals surface area contributed by atoms with Gasteiger partial charge in [-0.2, -0.15) is 0 Å². The second-order valence-electron chi connectivity index (χ2n) is 0.141. The van der Waals surface area contributed by atoms with Crippen LogP contribution < -0.4 is 0 Å². The van der Waals surface area contributed by atoms with Gasteiger partial charge in [-0.25, -0.2) is 0 Å². The molecule has 0 aromatic heterocycles. The third-order valence-corrected chi connectivity index (χ3v) is 0. The molecule has 18 valence electrons. The molecule has 0 fully saturated rings. The van der Waals surface area contributed by atoms with Crippen LogP contribution in [0.1, 0.15) is 0 Å². The Morgan fingerprint density at radius 3 is 1.25 bits per heavy atom. The molecular weight excluding hydrogens is 242 g/mol. The molecule has 4 heavy (non-hydrogen) atoms. The van der Waals surface area contributed by atoms with Gasteiger partial charge in [0.1, 0.15) is 0 Å². The molecule has 0 nitrogen and oxygen atoms in total. The van der Waals surface area contributed by atoms with E-state index in [1.165, 1.54) is 0 Å². The summed E-state index contributed by atoms with van der Waals surface area (Å²) < 4.78 is 0. The molecule has 0 aromatic carbocycles. The summed E-state index contributed by atoms with van der Waals surface area (Å²) in [7, 11) is 0. The first-order valence-electron chi connectivity index (χ1n) is 0.632. The van der Waals surface area contributed by atoms with Crippen LogP contribution in [0.25, 0.3) is 0 Å². The van der Waals surface area contributed by atoms with Gasteiger partial charge in [0.15, 0.2) is 0 Å². The van der Waals surface area contributed by atoms with E-state index in [-0.39, 0.29) is 25.8 Å². The van der Waals surface area contributed by atoms with E-state index in [0.717, 1.165) is 0 Å². The molecule has 0 spiro atoms. The van der Waals surface area contributed by atoms with E-state index in [1.54, 1.807) is 0 Å². The fraction of sp³-hybridized carbons (Fsp3) is 0. The molecule has 0 atom stereocenters. The maximum absolute atomic E-state index is 3.84. The van der Waals surface area contributed by atoms with E-state index in [4.69, 9.17) is 0 Å². The minimum absolute atomic E-state index is 0. The fourth-order valence-corrected chi connectivity index (χ4v) is 0. The maximum atomic E-state index is 3.84. The molecule has 4 heteroatoms. The van der Waals surface area contributed by atoms with Crippen molar-refractivity contribution in [3.63, 3.8) is 0 Å². The normalized spacial score (nSPS) is 4.50. The standard InChI is InChI=1S/In.2P.Zn.3H. The van der Waals surface area contributed by atoms with Gasteiger partial charge >= 0.3 is 54.4 Å². The van der Waals surface area contributed by atoms with Crippen LogP contribution in [0.4, 0.5) is 0 Å². The SMILES string of the molecule is [InH3].[P]#[Zn]#[P]. The number of hydrogen-bond donors (Lipinski definition) is 0. The molecule has 0 saturated carbocycles. The van der Waals surface area contributed by atoms with Gasteiger partial charge < -0.3 is 0 Å². The van der Waals surface area contributed by atoms with Crippen molar-refractivity contribution in [3.05, 3.63) is 0 Å². The fourth-order valence-electron chi connectivity index (χ4n) is 0. The summed E-state index contributed by atoms with van der Waals surface area (Å²) >= 11 is -0.486. The molecule has 0 heterocycles. The van der Waals surface area contributed by atoms with Gasteiger partial charge in [0.05, 0.1) is 0 Å². The van der Waals surface area contributed by atoms with Gasteiger partial charge in [0, 0.05) is 0 Å². The monoisotopic (exact) mass is 244 g/mol. The van der Waals surface area contributed by atoms with Crippen molar-refractivity contribution in [1.82, 2.24) is 0 Å². The van der Waals surface area contributed by atoms with Crippen LogP contribution in [0.5, 0.6) is 0 Å². The van der Waals surface area contributed by atoms with E-state index in [2.05, 4.69) is 13.8 Å². The third kappa shape index (κ3) is 8.84. The predicted octanol–water partition coefficient (Wildman–Crippen LogP) is 0.536. The molecule has 0 amide bonds. The Morgan fingerprint density at radius 2 is 1.25 bits per heavy atom. The van der Waals surface area contributed by atoms with Crippen molar-refractivity contribution in [2.45, 2.75) is 0 Å². The van der Waals surface area contributed by atoms with E-state index in [9.17, 15) is 0 Å². The summed E-state index contributed by atoms with van der Waals surface area (Å²) in [5.74, 6) is 0. The second kappa shape index (κ2) is 9.02. The molecule has 0 aliphatic rings. The Balaban J connectivity index is 0. The predicted molar refractivity (Wildman–Crippen MR) is 23.8 cm³/mol. The van der Waals surface area contributed by atoms with E-state index in [0.29, 0.717) is 0 Å². The molecule has 0 aliphatic heterocycles. The summed E-state index contributed by atoms with van der Waals surface area (Å²) in [6, 6.07) is 0. The van der Waals surface area contributed by atoms with Gasteiger partial charge in [0.25, 0.3) is 0 Å². The summed E-state index contributed by atoms with van der Waals surface area (Å²) in [5.41, 5.74) is 0. The summed E-state index contributed by atoms with van der Waals surface area (Å²) in [6.45, 7) is 7.68. The van der Waals surface area contributed by atoms with Crippen LogP contribution in [0.3, 0.4) is 0 Å². The van der Waals surface area contributed by atoms with Crippen LogP contribution in [-0.4, -0.2) is 25.8 Å². The zero-order valence-electron chi connectivity index (χ0n) is 1.60. The molecule has 0 rings (SSSR count). The Hall–Kier alpha value is 2.35. The Labute approximate surface area is 53.9 Å². The van der Waals surface area contributed by atoms with Gasteiger partial charge in [-0.1, -0.05) is 0 Å². The van der Waals surface area contributed by atoms with Gasteiger partial charge in [-0.05, 0) is 0 Å². The summed E-state index contributed by atoms with van der Waals surface area (Å²) in [4.78, 5) is 0. The van der Waals surface area contributed by atoms with E-state index < -0.39 is 14.7 Å². The van der Waals surface area contributed by atoms with Crippen LogP contribution >= 0.6 is 13.8 Å². The molecule has 0 saturated heterocycles. The quantitative estimate of drug-likeness (QED) is 0.431. The van der Waals surface area contributed by atoms with Crippen LogP contribution in [0, 0.1) is 0 Å². The first-order chi connectivity index (χ1) is 1.41. The molecule has 0 bridgehead atoms. The van der Waals surface area contributed by atoms with E-state index >= 15 is 0 Å². The van der Waals surface area contributed by atoms with Crippen molar-refractivity contribution >= 4 is 39.6 Å². The van der Waals surface area contributed by atoms with Crippen molar-refractivity contribution in [3.8, 4) is 0 Å². The molecule has 0 unspecified atom stereocenters. The third-order valence-electron chi connectivity index (χ3n) is 0. The zero-order valence-corrected chi connectivity index (χ0v) is 6.36. The Kier molecular flexibility index (Phi) is 21.7.